The molecule has 3 saturated carbocycles. The maximum atomic E-state index is 12.6. The summed E-state index contributed by atoms with van der Waals surface area (Å²) in [5.41, 5.74) is 0. The molecule has 0 unspecified atom stereocenters. The van der Waals surface area contributed by atoms with Gasteiger partial charge in [-0.15, -0.1) is 0 Å². The van der Waals surface area contributed by atoms with Crippen LogP contribution in [0.1, 0.15) is 51.9 Å². The molecule has 5 nitrogen and oxygen atoms in total. The highest BCUT2D eigenvalue weighted by atomic mass is 16.2. The Morgan fingerprint density at radius 3 is 2.32 bits per heavy atom. The fraction of sp³-hybridized carbons (Fsp3) is 0.900. The maximum Gasteiger partial charge on any atom is 0.234 e. The smallest absolute Gasteiger partial charge is 0.234 e. The Kier molecular flexibility index (Phi) is 5.03. The molecule has 4 atom stereocenters. The lowest BCUT2D eigenvalue weighted by atomic mass is 9.87. The quantitative estimate of drug-likeness (QED) is 0.845. The first-order chi connectivity index (χ1) is 12.1. The number of amides is 2. The van der Waals surface area contributed by atoms with E-state index in [9.17, 15) is 9.59 Å². The molecule has 0 spiro atoms. The number of fused-ring (bicyclic) bond motifs is 1. The molecule has 1 N–H and O–H groups in total. The van der Waals surface area contributed by atoms with Crippen LogP contribution in [0.2, 0.25) is 0 Å². The van der Waals surface area contributed by atoms with Gasteiger partial charge in [-0.25, -0.2) is 0 Å². The molecule has 1 aliphatic heterocycles. The number of rotatable bonds is 4. The standard InChI is InChI=1S/C20H33N3O2/c1-14-4-2-5-15(12-14)21-18(24)13-22-8-10-23(11-9-22)20(25)19-16-6-3-7-17(16)19/h14-17,19H,2-13H2,1H3,(H,21,24)/t14-,15+,16+,17+/m1/s1. The normalized spacial score (nSPS) is 38.3. The lowest BCUT2D eigenvalue weighted by Gasteiger charge is -2.35. The first-order valence-electron chi connectivity index (χ1n) is 10.4. The molecule has 0 aromatic heterocycles. The second-order valence-corrected chi connectivity index (χ2v) is 8.92. The summed E-state index contributed by atoms with van der Waals surface area (Å²) in [6, 6.07) is 0.369. The van der Waals surface area contributed by atoms with Gasteiger partial charge in [0.15, 0.2) is 0 Å². The van der Waals surface area contributed by atoms with Gasteiger partial charge in [0.25, 0.3) is 0 Å². The summed E-state index contributed by atoms with van der Waals surface area (Å²) in [6.45, 7) is 6.03. The molecular formula is C20H33N3O2. The molecular weight excluding hydrogens is 314 g/mol. The van der Waals surface area contributed by atoms with Gasteiger partial charge in [0.2, 0.25) is 11.8 Å². The van der Waals surface area contributed by atoms with Crippen LogP contribution in [0, 0.1) is 23.7 Å². The van der Waals surface area contributed by atoms with E-state index in [1.165, 1.54) is 32.1 Å². The van der Waals surface area contributed by atoms with Gasteiger partial charge in [-0.3, -0.25) is 14.5 Å². The molecule has 140 valence electrons. The summed E-state index contributed by atoms with van der Waals surface area (Å²) in [6.07, 6.45) is 8.63. The molecule has 4 rings (SSSR count). The second-order valence-electron chi connectivity index (χ2n) is 8.92. The van der Waals surface area contributed by atoms with Crippen molar-refractivity contribution in [2.75, 3.05) is 32.7 Å². The van der Waals surface area contributed by atoms with E-state index >= 15 is 0 Å². The van der Waals surface area contributed by atoms with Gasteiger partial charge in [0.1, 0.15) is 0 Å². The predicted octanol–water partition coefficient (Wildman–Crippen LogP) is 1.87. The number of nitrogens with zero attached hydrogens (tertiary/aromatic N) is 2. The van der Waals surface area contributed by atoms with E-state index < -0.39 is 0 Å². The number of carbonyl (C=O) groups excluding carboxylic acids is 2. The Morgan fingerprint density at radius 2 is 1.64 bits per heavy atom. The van der Waals surface area contributed by atoms with Crippen LogP contribution in [-0.4, -0.2) is 60.4 Å². The summed E-state index contributed by atoms with van der Waals surface area (Å²) < 4.78 is 0. The summed E-state index contributed by atoms with van der Waals surface area (Å²) in [4.78, 5) is 29.2. The van der Waals surface area contributed by atoms with Crippen molar-refractivity contribution < 1.29 is 9.59 Å². The van der Waals surface area contributed by atoms with Crippen LogP contribution in [0.25, 0.3) is 0 Å². The van der Waals surface area contributed by atoms with Crippen molar-refractivity contribution in [2.24, 2.45) is 23.7 Å². The van der Waals surface area contributed by atoms with Crippen LogP contribution in [0.3, 0.4) is 0 Å². The van der Waals surface area contributed by atoms with E-state index in [4.69, 9.17) is 0 Å². The maximum absolute atomic E-state index is 12.6. The average molecular weight is 348 g/mol. The van der Waals surface area contributed by atoms with Crippen molar-refractivity contribution in [1.82, 2.24) is 15.1 Å². The number of piperazine rings is 1. The highest BCUT2D eigenvalue weighted by Crippen LogP contribution is 2.58. The Morgan fingerprint density at radius 1 is 0.960 bits per heavy atom. The fourth-order valence-corrected chi connectivity index (χ4v) is 5.57. The summed E-state index contributed by atoms with van der Waals surface area (Å²) in [7, 11) is 0. The fourth-order valence-electron chi connectivity index (χ4n) is 5.57. The van der Waals surface area contributed by atoms with E-state index in [1.807, 2.05) is 0 Å². The van der Waals surface area contributed by atoms with Crippen molar-refractivity contribution in [1.29, 1.82) is 0 Å². The van der Waals surface area contributed by atoms with Gasteiger partial charge in [-0.2, -0.15) is 0 Å². The van der Waals surface area contributed by atoms with E-state index in [-0.39, 0.29) is 5.91 Å². The van der Waals surface area contributed by atoms with E-state index in [0.717, 1.165) is 44.9 Å². The summed E-state index contributed by atoms with van der Waals surface area (Å²) in [5.74, 6) is 3.04. The Bertz CT molecular complexity index is 505. The van der Waals surface area contributed by atoms with Crippen LogP contribution in [0.5, 0.6) is 0 Å². The molecule has 0 bridgehead atoms. The van der Waals surface area contributed by atoms with Gasteiger partial charge in [-0.05, 0) is 43.4 Å². The minimum Gasteiger partial charge on any atom is -0.352 e. The van der Waals surface area contributed by atoms with Crippen LogP contribution in [0.15, 0.2) is 0 Å². The Labute approximate surface area is 151 Å². The second kappa shape index (κ2) is 7.26. The van der Waals surface area contributed by atoms with Gasteiger partial charge in [0, 0.05) is 38.1 Å². The zero-order chi connectivity index (χ0) is 17.4. The monoisotopic (exact) mass is 347 g/mol. The van der Waals surface area contributed by atoms with Crippen LogP contribution < -0.4 is 5.32 Å². The molecule has 4 fully saturated rings. The zero-order valence-electron chi connectivity index (χ0n) is 15.6. The van der Waals surface area contributed by atoms with Gasteiger partial charge < -0.3 is 10.2 Å². The van der Waals surface area contributed by atoms with Crippen molar-refractivity contribution in [3.05, 3.63) is 0 Å². The molecule has 0 aromatic carbocycles. The molecule has 4 aliphatic rings. The van der Waals surface area contributed by atoms with Crippen molar-refractivity contribution in [2.45, 2.75) is 57.9 Å². The molecule has 25 heavy (non-hydrogen) atoms. The third-order valence-electron chi connectivity index (χ3n) is 7.04. The zero-order valence-corrected chi connectivity index (χ0v) is 15.6. The third-order valence-corrected chi connectivity index (χ3v) is 7.04. The number of carbonyl (C=O) groups is 2. The van der Waals surface area contributed by atoms with E-state index in [1.54, 1.807) is 0 Å². The number of hydrogen-bond donors (Lipinski definition) is 1. The van der Waals surface area contributed by atoms with E-state index in [0.29, 0.717) is 36.2 Å². The molecule has 2 amide bonds. The first kappa shape index (κ1) is 17.3. The molecule has 0 aromatic rings. The van der Waals surface area contributed by atoms with Crippen molar-refractivity contribution in [3.8, 4) is 0 Å². The highest BCUT2D eigenvalue weighted by molar-refractivity contribution is 5.83. The lowest BCUT2D eigenvalue weighted by molar-refractivity contribution is -0.135. The molecule has 5 heteroatoms. The summed E-state index contributed by atoms with van der Waals surface area (Å²) in [5, 5.41) is 3.22. The summed E-state index contributed by atoms with van der Waals surface area (Å²) >= 11 is 0. The number of nitrogens with one attached hydrogen (secondary N) is 1. The Balaban J connectivity index is 1.17. The average Bonchev–Trinajstić information content (AvgIpc) is 3.06. The van der Waals surface area contributed by atoms with Gasteiger partial charge >= 0.3 is 0 Å². The van der Waals surface area contributed by atoms with Crippen molar-refractivity contribution >= 4 is 11.8 Å². The molecule has 0 radical (unpaired) electrons. The first-order valence-corrected chi connectivity index (χ1v) is 10.4. The third kappa shape index (κ3) is 3.86. The largest absolute Gasteiger partial charge is 0.352 e. The predicted molar refractivity (Wildman–Crippen MR) is 96.9 cm³/mol. The molecule has 3 aliphatic carbocycles. The van der Waals surface area contributed by atoms with Crippen LogP contribution >= 0.6 is 0 Å². The van der Waals surface area contributed by atoms with Gasteiger partial charge in [-0.1, -0.05) is 26.2 Å². The molecule has 1 saturated heterocycles. The lowest BCUT2D eigenvalue weighted by Crippen LogP contribution is -2.52. The minimum absolute atomic E-state index is 0.163. The van der Waals surface area contributed by atoms with Crippen LogP contribution in [0.4, 0.5) is 0 Å². The topological polar surface area (TPSA) is 52.7 Å². The van der Waals surface area contributed by atoms with Gasteiger partial charge in [0.05, 0.1) is 6.54 Å². The SMILES string of the molecule is C[C@@H]1CCC[C@H](NC(=O)CN2CCN(C(=O)C3[C@H]4CCC[C@H]34)CC2)C1. The minimum atomic E-state index is 0.163. The molecule has 1 heterocycles. The van der Waals surface area contributed by atoms with Crippen molar-refractivity contribution in [3.63, 3.8) is 0 Å². The van der Waals surface area contributed by atoms with Crippen LogP contribution in [-0.2, 0) is 9.59 Å². The number of hydrogen-bond acceptors (Lipinski definition) is 3. The highest BCUT2D eigenvalue weighted by Gasteiger charge is 2.57. The van der Waals surface area contributed by atoms with E-state index in [2.05, 4.69) is 22.0 Å². The Hall–Kier alpha value is -1.10.